The Balaban J connectivity index is 2.29. The smallest absolute Gasteiger partial charge is 0.231 e. The number of hydrogen-bond acceptors (Lipinski definition) is 7. The first kappa shape index (κ1) is 15.5. The Morgan fingerprint density at radius 3 is 2.38 bits per heavy atom. The second-order valence-electron chi connectivity index (χ2n) is 5.04. The van der Waals surface area contributed by atoms with Crippen LogP contribution in [0.4, 0.5) is 24.9 Å². The zero-order valence-electron chi connectivity index (χ0n) is 11.8. The van der Waals surface area contributed by atoms with Crippen LogP contribution < -0.4 is 16.2 Å². The summed E-state index contributed by atoms with van der Waals surface area (Å²) >= 11 is 0. The highest BCUT2D eigenvalue weighted by Gasteiger charge is 2.40. The molecule has 7 nitrogen and oxygen atoms in total. The van der Waals surface area contributed by atoms with Crippen molar-refractivity contribution < 1.29 is 17.9 Å². The number of anilines is 2. The molecule has 122 valence electrons. The summed E-state index contributed by atoms with van der Waals surface area (Å²) in [5.74, 6) is -7.97. The monoisotopic (exact) mass is 334 g/mol. The van der Waals surface area contributed by atoms with Crippen LogP contribution in [0.3, 0.4) is 0 Å². The lowest BCUT2D eigenvalue weighted by molar-refractivity contribution is 0.424. The maximum atomic E-state index is 13.6. The summed E-state index contributed by atoms with van der Waals surface area (Å²) in [7, 11) is 0. The number of benzene rings is 1. The second kappa shape index (κ2) is 5.38. The van der Waals surface area contributed by atoms with E-state index in [1.165, 1.54) is 0 Å². The van der Waals surface area contributed by atoms with E-state index < -0.39 is 35.2 Å². The minimum Gasteiger partial charge on any atom is -0.423 e. The SMILES string of the molecule is N#CC1C(=N)Oc2nc(N)nc(N)c2C1c1cc(F)c(F)c(F)c1. The molecule has 0 aliphatic carbocycles. The van der Waals surface area contributed by atoms with Gasteiger partial charge in [-0.05, 0) is 17.7 Å². The van der Waals surface area contributed by atoms with Gasteiger partial charge in [-0.25, -0.2) is 13.2 Å². The summed E-state index contributed by atoms with van der Waals surface area (Å²) in [5.41, 5.74) is 11.2. The van der Waals surface area contributed by atoms with Gasteiger partial charge in [0.15, 0.2) is 17.5 Å². The van der Waals surface area contributed by atoms with Gasteiger partial charge in [-0.1, -0.05) is 0 Å². The Labute approximate surface area is 133 Å². The average Bonchev–Trinajstić information content (AvgIpc) is 2.50. The summed E-state index contributed by atoms with van der Waals surface area (Å²) < 4.78 is 45.5. The maximum absolute atomic E-state index is 13.6. The van der Waals surface area contributed by atoms with Gasteiger partial charge in [0.25, 0.3) is 0 Å². The van der Waals surface area contributed by atoms with Crippen LogP contribution in [0.25, 0.3) is 0 Å². The maximum Gasteiger partial charge on any atom is 0.231 e. The van der Waals surface area contributed by atoms with Crippen molar-refractivity contribution in [2.45, 2.75) is 5.92 Å². The molecule has 1 aliphatic heterocycles. The Kier molecular flexibility index (Phi) is 3.48. The standard InChI is InChI=1S/C14H9F3N6O/c15-6-1-4(2-7(16)10(6)17)8-5(3-18)12(20)24-13-9(8)11(19)22-14(21)23-13/h1-2,5,8,20H,(H4,19,21,22,23). The highest BCUT2D eigenvalue weighted by Crippen LogP contribution is 2.44. The van der Waals surface area contributed by atoms with Gasteiger partial charge >= 0.3 is 0 Å². The van der Waals surface area contributed by atoms with Crippen LogP contribution in [-0.4, -0.2) is 15.9 Å². The third-order valence-corrected chi connectivity index (χ3v) is 3.60. The van der Waals surface area contributed by atoms with E-state index in [9.17, 15) is 18.4 Å². The Hall–Kier alpha value is -3.35. The van der Waals surface area contributed by atoms with E-state index in [2.05, 4.69) is 9.97 Å². The van der Waals surface area contributed by atoms with Gasteiger partial charge in [-0.3, -0.25) is 5.41 Å². The molecule has 1 aromatic heterocycles. The lowest BCUT2D eigenvalue weighted by Crippen LogP contribution is -2.33. The highest BCUT2D eigenvalue weighted by molar-refractivity contribution is 5.85. The number of nitrogens with zero attached hydrogens (tertiary/aromatic N) is 3. The zero-order chi connectivity index (χ0) is 17.6. The molecular formula is C14H9F3N6O. The van der Waals surface area contributed by atoms with Crippen molar-refractivity contribution in [3.05, 3.63) is 40.7 Å². The fourth-order valence-electron chi connectivity index (χ4n) is 2.59. The number of nitrogens with one attached hydrogen (secondary N) is 1. The van der Waals surface area contributed by atoms with E-state index in [-0.39, 0.29) is 28.8 Å². The zero-order valence-corrected chi connectivity index (χ0v) is 11.8. The molecule has 1 aliphatic rings. The van der Waals surface area contributed by atoms with E-state index >= 15 is 0 Å². The number of aromatic nitrogens is 2. The predicted molar refractivity (Wildman–Crippen MR) is 76.5 cm³/mol. The van der Waals surface area contributed by atoms with E-state index in [4.69, 9.17) is 21.6 Å². The minimum atomic E-state index is -1.64. The molecule has 2 atom stereocenters. The molecule has 2 heterocycles. The predicted octanol–water partition coefficient (Wildman–Crippen LogP) is 1.70. The third-order valence-electron chi connectivity index (χ3n) is 3.60. The minimum absolute atomic E-state index is 0.0529. The molecular weight excluding hydrogens is 325 g/mol. The third kappa shape index (κ3) is 2.26. The second-order valence-corrected chi connectivity index (χ2v) is 5.04. The Bertz CT molecular complexity index is 887. The van der Waals surface area contributed by atoms with Crippen LogP contribution in [0.5, 0.6) is 5.88 Å². The van der Waals surface area contributed by atoms with Crippen molar-refractivity contribution in [2.24, 2.45) is 5.92 Å². The number of halogens is 3. The van der Waals surface area contributed by atoms with Crippen molar-refractivity contribution in [1.29, 1.82) is 10.7 Å². The molecule has 1 aromatic carbocycles. The molecule has 0 bridgehead atoms. The number of nitrogens with two attached hydrogens (primary N) is 2. The van der Waals surface area contributed by atoms with Crippen molar-refractivity contribution >= 4 is 17.7 Å². The number of nitriles is 1. The molecule has 0 saturated carbocycles. The van der Waals surface area contributed by atoms with E-state index in [0.717, 1.165) is 12.1 Å². The van der Waals surface area contributed by atoms with Gasteiger partial charge in [-0.15, -0.1) is 0 Å². The molecule has 5 N–H and O–H groups in total. The molecule has 0 radical (unpaired) electrons. The van der Waals surface area contributed by atoms with Crippen LogP contribution >= 0.6 is 0 Å². The average molecular weight is 334 g/mol. The van der Waals surface area contributed by atoms with Crippen LogP contribution in [0, 0.1) is 40.1 Å². The molecule has 0 fully saturated rings. The lowest BCUT2D eigenvalue weighted by Gasteiger charge is -2.30. The molecule has 24 heavy (non-hydrogen) atoms. The summed E-state index contributed by atoms with van der Waals surface area (Å²) in [6.07, 6.45) is 0. The number of fused-ring (bicyclic) bond motifs is 1. The van der Waals surface area contributed by atoms with Gasteiger partial charge in [0.1, 0.15) is 11.7 Å². The summed E-state index contributed by atoms with van der Waals surface area (Å²) in [6.45, 7) is 0. The first-order valence-electron chi connectivity index (χ1n) is 6.56. The van der Waals surface area contributed by atoms with E-state index in [1.54, 1.807) is 0 Å². The lowest BCUT2D eigenvalue weighted by atomic mass is 9.80. The van der Waals surface area contributed by atoms with Gasteiger partial charge < -0.3 is 16.2 Å². The summed E-state index contributed by atoms with van der Waals surface area (Å²) in [4.78, 5) is 7.53. The largest absolute Gasteiger partial charge is 0.423 e. The van der Waals surface area contributed by atoms with Crippen LogP contribution in [-0.2, 0) is 0 Å². The first-order chi connectivity index (χ1) is 11.3. The van der Waals surface area contributed by atoms with Crippen LogP contribution in [0.2, 0.25) is 0 Å². The highest BCUT2D eigenvalue weighted by atomic mass is 19.2. The number of nitrogen functional groups attached to an aromatic ring is 2. The summed E-state index contributed by atoms with van der Waals surface area (Å²) in [5, 5.41) is 17.1. The molecule has 0 amide bonds. The van der Waals surface area contributed by atoms with Gasteiger partial charge in [0.05, 0.1) is 11.6 Å². The Morgan fingerprint density at radius 1 is 1.17 bits per heavy atom. The fraction of sp³-hybridized carbons (Fsp3) is 0.143. The van der Waals surface area contributed by atoms with Crippen molar-refractivity contribution in [1.82, 2.24) is 9.97 Å². The number of ether oxygens (including phenoxy) is 1. The molecule has 0 saturated heterocycles. The number of rotatable bonds is 1. The number of hydrogen-bond donors (Lipinski definition) is 3. The molecule has 3 rings (SSSR count). The van der Waals surface area contributed by atoms with Crippen LogP contribution in [0.15, 0.2) is 12.1 Å². The van der Waals surface area contributed by atoms with Crippen molar-refractivity contribution in [3.8, 4) is 11.9 Å². The first-order valence-corrected chi connectivity index (χ1v) is 6.56. The molecule has 2 aromatic rings. The Morgan fingerprint density at radius 2 is 1.79 bits per heavy atom. The quantitative estimate of drug-likeness (QED) is 0.679. The van der Waals surface area contributed by atoms with Gasteiger partial charge in [-0.2, -0.15) is 15.2 Å². The van der Waals surface area contributed by atoms with Crippen molar-refractivity contribution in [2.75, 3.05) is 11.5 Å². The van der Waals surface area contributed by atoms with Gasteiger partial charge in [0, 0.05) is 5.92 Å². The van der Waals surface area contributed by atoms with E-state index in [0.29, 0.717) is 0 Å². The molecule has 10 heteroatoms. The van der Waals surface area contributed by atoms with E-state index in [1.807, 2.05) is 6.07 Å². The van der Waals surface area contributed by atoms with Crippen LogP contribution in [0.1, 0.15) is 17.0 Å². The topological polar surface area (TPSA) is 135 Å². The molecule has 0 spiro atoms. The normalized spacial score (nSPS) is 19.3. The summed E-state index contributed by atoms with van der Waals surface area (Å²) in [6, 6.07) is 3.26. The van der Waals surface area contributed by atoms with Crippen molar-refractivity contribution in [3.63, 3.8) is 0 Å². The fourth-order valence-corrected chi connectivity index (χ4v) is 2.59. The van der Waals surface area contributed by atoms with Gasteiger partial charge in [0.2, 0.25) is 17.7 Å². The molecule has 2 unspecified atom stereocenters.